The number of aliphatic hydroxyl groups excluding tert-OH is 1. The molecule has 0 bridgehead atoms. The fraction of sp³-hybridized carbons (Fsp3) is 0.857. The van der Waals surface area contributed by atoms with Crippen molar-refractivity contribution < 1.29 is 5.11 Å². The first kappa shape index (κ1) is 9.41. The normalized spacial score (nSPS) is 13.1. The maximum atomic E-state index is 8.86. The van der Waals surface area contributed by atoms with Gasteiger partial charge in [0.15, 0.2) is 0 Å². The average Bonchev–Trinajstić information content (AvgIpc) is 1.85. The largest absolute Gasteiger partial charge is 0.393 e. The van der Waals surface area contributed by atoms with Gasteiger partial charge >= 0.3 is 0 Å². The summed E-state index contributed by atoms with van der Waals surface area (Å²) in [7, 11) is 1.87. The second-order valence-corrected chi connectivity index (χ2v) is 2.53. The summed E-state index contributed by atoms with van der Waals surface area (Å²) in [6, 6.07) is 2.04. The van der Waals surface area contributed by atoms with Crippen molar-refractivity contribution in [1.29, 1.82) is 5.26 Å². The van der Waals surface area contributed by atoms with E-state index in [1.54, 1.807) is 6.92 Å². The first-order valence-electron chi connectivity index (χ1n) is 3.40. The standard InChI is InChI=1S/C7H14N2O/c1-7(10)3-5-9(2)6-4-8/h7,10H,3,5-6H2,1-2H3. The predicted octanol–water partition coefficient (Wildman–Crippen LogP) is 0.213. The molecule has 0 aliphatic rings. The second-order valence-electron chi connectivity index (χ2n) is 2.53. The fourth-order valence-corrected chi connectivity index (χ4v) is 0.607. The van der Waals surface area contributed by atoms with E-state index in [0.717, 1.165) is 13.0 Å². The van der Waals surface area contributed by atoms with Gasteiger partial charge in [0.05, 0.1) is 18.7 Å². The van der Waals surface area contributed by atoms with E-state index in [1.165, 1.54) is 0 Å². The lowest BCUT2D eigenvalue weighted by Gasteiger charge is -2.12. The third-order valence-corrected chi connectivity index (χ3v) is 1.27. The molecule has 10 heavy (non-hydrogen) atoms. The Labute approximate surface area is 61.9 Å². The highest BCUT2D eigenvalue weighted by Crippen LogP contribution is 1.91. The van der Waals surface area contributed by atoms with E-state index >= 15 is 0 Å². The molecule has 0 saturated carbocycles. The Balaban J connectivity index is 3.23. The van der Waals surface area contributed by atoms with Crippen molar-refractivity contribution in [3.63, 3.8) is 0 Å². The smallest absolute Gasteiger partial charge is 0.0863 e. The molecule has 3 heteroatoms. The van der Waals surface area contributed by atoms with E-state index in [1.807, 2.05) is 18.0 Å². The van der Waals surface area contributed by atoms with Crippen LogP contribution in [0.1, 0.15) is 13.3 Å². The summed E-state index contributed by atoms with van der Waals surface area (Å²) in [5, 5.41) is 17.1. The zero-order valence-electron chi connectivity index (χ0n) is 6.54. The monoisotopic (exact) mass is 142 g/mol. The fourth-order valence-electron chi connectivity index (χ4n) is 0.607. The molecule has 0 aromatic heterocycles. The van der Waals surface area contributed by atoms with Gasteiger partial charge in [-0.15, -0.1) is 0 Å². The average molecular weight is 142 g/mol. The van der Waals surface area contributed by atoms with Crippen LogP contribution in [-0.2, 0) is 0 Å². The highest BCUT2D eigenvalue weighted by Gasteiger charge is 1.99. The molecule has 0 radical (unpaired) electrons. The Morgan fingerprint density at radius 2 is 2.30 bits per heavy atom. The van der Waals surface area contributed by atoms with Crippen molar-refractivity contribution in [2.75, 3.05) is 20.1 Å². The number of rotatable bonds is 4. The van der Waals surface area contributed by atoms with Crippen LogP contribution in [0.3, 0.4) is 0 Å². The van der Waals surface area contributed by atoms with E-state index in [4.69, 9.17) is 10.4 Å². The summed E-state index contributed by atoms with van der Waals surface area (Å²) in [5.41, 5.74) is 0. The minimum Gasteiger partial charge on any atom is -0.393 e. The molecule has 3 nitrogen and oxygen atoms in total. The first-order valence-corrected chi connectivity index (χ1v) is 3.40. The molecule has 0 amide bonds. The maximum absolute atomic E-state index is 8.86. The van der Waals surface area contributed by atoms with Crippen LogP contribution in [0.5, 0.6) is 0 Å². The van der Waals surface area contributed by atoms with E-state index < -0.39 is 0 Å². The molecule has 0 rings (SSSR count). The number of nitrogens with zero attached hydrogens (tertiary/aromatic N) is 2. The number of hydrogen-bond acceptors (Lipinski definition) is 3. The predicted molar refractivity (Wildman–Crippen MR) is 39.4 cm³/mol. The lowest BCUT2D eigenvalue weighted by atomic mass is 10.3. The van der Waals surface area contributed by atoms with Crippen LogP contribution >= 0.6 is 0 Å². The number of hydrogen-bond donors (Lipinski definition) is 1. The van der Waals surface area contributed by atoms with Gasteiger partial charge in [-0.05, 0) is 20.4 Å². The molecule has 1 N–H and O–H groups in total. The van der Waals surface area contributed by atoms with Gasteiger partial charge in [-0.3, -0.25) is 4.90 Å². The molecule has 58 valence electrons. The van der Waals surface area contributed by atoms with E-state index in [-0.39, 0.29) is 6.10 Å². The van der Waals surface area contributed by atoms with Crippen molar-refractivity contribution in [2.24, 2.45) is 0 Å². The van der Waals surface area contributed by atoms with Gasteiger partial charge in [0.25, 0.3) is 0 Å². The van der Waals surface area contributed by atoms with Crippen molar-refractivity contribution in [3.8, 4) is 6.07 Å². The molecule has 1 atom stereocenters. The molecule has 0 saturated heterocycles. The summed E-state index contributed by atoms with van der Waals surface area (Å²) < 4.78 is 0. The van der Waals surface area contributed by atoms with Gasteiger partial charge in [-0.1, -0.05) is 0 Å². The summed E-state index contributed by atoms with van der Waals surface area (Å²) in [4.78, 5) is 1.88. The van der Waals surface area contributed by atoms with Crippen molar-refractivity contribution in [1.82, 2.24) is 4.90 Å². The van der Waals surface area contributed by atoms with Gasteiger partial charge in [0.1, 0.15) is 0 Å². The van der Waals surface area contributed by atoms with Gasteiger partial charge < -0.3 is 5.11 Å². The molecular formula is C7H14N2O. The molecular weight excluding hydrogens is 128 g/mol. The topological polar surface area (TPSA) is 47.3 Å². The Morgan fingerprint density at radius 3 is 2.70 bits per heavy atom. The SMILES string of the molecule is CC(O)CCN(C)CC#N. The quantitative estimate of drug-likeness (QED) is 0.571. The van der Waals surface area contributed by atoms with Crippen LogP contribution in [0.25, 0.3) is 0 Å². The van der Waals surface area contributed by atoms with Crippen LogP contribution in [0, 0.1) is 11.3 Å². The minimum atomic E-state index is -0.263. The Bertz CT molecular complexity index is 117. The zero-order valence-corrected chi connectivity index (χ0v) is 6.54. The summed E-state index contributed by atoms with van der Waals surface area (Å²) in [6.07, 6.45) is 0.471. The molecule has 0 aromatic rings. The van der Waals surface area contributed by atoms with E-state index in [2.05, 4.69) is 0 Å². The number of aliphatic hydroxyl groups is 1. The molecule has 0 aliphatic carbocycles. The van der Waals surface area contributed by atoms with Gasteiger partial charge in [-0.25, -0.2) is 0 Å². The van der Waals surface area contributed by atoms with Gasteiger partial charge in [0.2, 0.25) is 0 Å². The van der Waals surface area contributed by atoms with Crippen LogP contribution in [0.4, 0.5) is 0 Å². The Kier molecular flexibility index (Phi) is 4.91. The van der Waals surface area contributed by atoms with Crippen LogP contribution in [-0.4, -0.2) is 36.2 Å². The first-order chi connectivity index (χ1) is 4.66. The van der Waals surface area contributed by atoms with E-state index in [0.29, 0.717) is 6.54 Å². The van der Waals surface area contributed by atoms with Gasteiger partial charge in [-0.2, -0.15) is 5.26 Å². The molecule has 1 unspecified atom stereocenters. The number of nitriles is 1. The van der Waals surface area contributed by atoms with Crippen molar-refractivity contribution >= 4 is 0 Å². The summed E-state index contributed by atoms with van der Waals surface area (Å²) in [5.74, 6) is 0. The molecule has 0 aromatic carbocycles. The lowest BCUT2D eigenvalue weighted by molar-refractivity contribution is 0.168. The molecule has 0 aliphatic heterocycles. The highest BCUT2D eigenvalue weighted by molar-refractivity contribution is 4.74. The second kappa shape index (κ2) is 5.21. The summed E-state index contributed by atoms with van der Waals surface area (Å²) in [6.45, 7) is 2.97. The minimum absolute atomic E-state index is 0.263. The van der Waals surface area contributed by atoms with Crippen LogP contribution in [0.15, 0.2) is 0 Å². The molecule has 0 heterocycles. The molecule has 0 spiro atoms. The molecule has 0 fully saturated rings. The third kappa shape index (κ3) is 5.54. The van der Waals surface area contributed by atoms with Crippen LogP contribution in [0.2, 0.25) is 0 Å². The Hall–Kier alpha value is -0.590. The van der Waals surface area contributed by atoms with Gasteiger partial charge in [0, 0.05) is 6.54 Å². The van der Waals surface area contributed by atoms with Crippen LogP contribution < -0.4 is 0 Å². The van der Waals surface area contributed by atoms with Crippen molar-refractivity contribution in [3.05, 3.63) is 0 Å². The van der Waals surface area contributed by atoms with E-state index in [9.17, 15) is 0 Å². The highest BCUT2D eigenvalue weighted by atomic mass is 16.3. The third-order valence-electron chi connectivity index (χ3n) is 1.27. The maximum Gasteiger partial charge on any atom is 0.0863 e. The zero-order chi connectivity index (χ0) is 7.98. The lowest BCUT2D eigenvalue weighted by Crippen LogP contribution is -2.22. The summed E-state index contributed by atoms with van der Waals surface area (Å²) >= 11 is 0. The Morgan fingerprint density at radius 1 is 1.70 bits per heavy atom. The van der Waals surface area contributed by atoms with Crippen molar-refractivity contribution in [2.45, 2.75) is 19.4 Å².